The minimum absolute atomic E-state index is 0.0358. The number of carbonyl (C=O) groups excluding carboxylic acids is 1. The van der Waals surface area contributed by atoms with E-state index in [-0.39, 0.29) is 22.0 Å². The Kier molecular flexibility index (Phi) is 4.22. The number of pyridine rings is 1. The normalized spacial score (nSPS) is 10.8. The summed E-state index contributed by atoms with van der Waals surface area (Å²) in [6.45, 7) is 2.05. The van der Waals surface area contributed by atoms with Gasteiger partial charge in [0.15, 0.2) is 0 Å². The van der Waals surface area contributed by atoms with Crippen molar-refractivity contribution >= 4 is 17.0 Å². The third-order valence-electron chi connectivity index (χ3n) is 4.19. The van der Waals surface area contributed by atoms with Crippen molar-refractivity contribution in [3.8, 4) is 0 Å². The summed E-state index contributed by atoms with van der Waals surface area (Å²) in [5.74, 6) is -0.124. The molecule has 0 aliphatic heterocycles. The summed E-state index contributed by atoms with van der Waals surface area (Å²) >= 11 is 0. The third-order valence-corrected chi connectivity index (χ3v) is 4.19. The first-order valence-corrected chi connectivity index (χ1v) is 7.72. The predicted octanol–water partition coefficient (Wildman–Crippen LogP) is 1.36. The van der Waals surface area contributed by atoms with Crippen LogP contribution in [-0.4, -0.2) is 27.2 Å². The molecule has 7 heteroatoms. The smallest absolute Gasteiger partial charge is 0.341 e. The Balaban J connectivity index is 2.39. The zero-order valence-corrected chi connectivity index (χ0v) is 14.2. The maximum Gasteiger partial charge on any atom is 0.341 e. The van der Waals surface area contributed by atoms with Crippen molar-refractivity contribution < 1.29 is 9.53 Å². The maximum absolute atomic E-state index is 12.6. The molecule has 0 aliphatic rings. The number of rotatable bonds is 3. The van der Waals surface area contributed by atoms with Crippen LogP contribution < -0.4 is 11.0 Å². The van der Waals surface area contributed by atoms with E-state index in [0.717, 1.165) is 5.56 Å². The van der Waals surface area contributed by atoms with Crippen LogP contribution in [0.15, 0.2) is 41.2 Å². The van der Waals surface area contributed by atoms with Gasteiger partial charge >= 0.3 is 5.97 Å². The lowest BCUT2D eigenvalue weighted by molar-refractivity contribution is 0.0597. The van der Waals surface area contributed by atoms with Gasteiger partial charge in [-0.3, -0.25) is 14.8 Å². The second kappa shape index (κ2) is 6.35. The zero-order valence-electron chi connectivity index (χ0n) is 14.2. The molecule has 7 nitrogen and oxygen atoms in total. The summed E-state index contributed by atoms with van der Waals surface area (Å²) in [6.07, 6.45) is 0. The van der Waals surface area contributed by atoms with Crippen molar-refractivity contribution in [2.75, 3.05) is 7.11 Å². The highest BCUT2D eigenvalue weighted by molar-refractivity contribution is 5.92. The molecule has 25 heavy (non-hydrogen) atoms. The number of fused-ring (bicyclic) bond motifs is 1. The Bertz CT molecular complexity index is 1080. The molecule has 2 heterocycles. The van der Waals surface area contributed by atoms with Crippen molar-refractivity contribution in [2.45, 2.75) is 13.5 Å². The standard InChI is InChI=1S/C18H18N4O3/c1-11-20-16-14(17(23)21(11)2)9-13(18(24)25-3)15(19)22(16)10-12-7-5-4-6-8-12/h4-9,19H,10H2,1-3H3. The average Bonchev–Trinajstić information content (AvgIpc) is 2.62. The van der Waals surface area contributed by atoms with E-state index in [4.69, 9.17) is 10.1 Å². The van der Waals surface area contributed by atoms with Gasteiger partial charge in [0.05, 0.1) is 19.0 Å². The number of ether oxygens (including phenoxy) is 1. The van der Waals surface area contributed by atoms with Crippen molar-refractivity contribution in [3.05, 3.63) is 69.2 Å². The van der Waals surface area contributed by atoms with Crippen LogP contribution in [0.1, 0.15) is 21.7 Å². The van der Waals surface area contributed by atoms with E-state index in [1.165, 1.54) is 17.7 Å². The molecule has 0 spiro atoms. The van der Waals surface area contributed by atoms with Crippen molar-refractivity contribution in [2.24, 2.45) is 7.05 Å². The van der Waals surface area contributed by atoms with Gasteiger partial charge in [0.1, 0.15) is 22.5 Å². The van der Waals surface area contributed by atoms with E-state index in [0.29, 0.717) is 18.0 Å². The molecule has 3 rings (SSSR count). The highest BCUT2D eigenvalue weighted by Crippen LogP contribution is 2.11. The molecule has 0 bridgehead atoms. The van der Waals surface area contributed by atoms with Gasteiger partial charge in [-0.2, -0.15) is 0 Å². The molecule has 0 aliphatic carbocycles. The molecule has 0 saturated carbocycles. The molecule has 1 N–H and O–H groups in total. The highest BCUT2D eigenvalue weighted by Gasteiger charge is 2.18. The van der Waals surface area contributed by atoms with E-state index in [1.54, 1.807) is 18.5 Å². The second-order valence-electron chi connectivity index (χ2n) is 5.73. The summed E-state index contributed by atoms with van der Waals surface area (Å²) in [6, 6.07) is 10.9. The number of carbonyl (C=O) groups is 1. The van der Waals surface area contributed by atoms with Crippen LogP contribution in [0, 0.1) is 12.3 Å². The summed E-state index contributed by atoms with van der Waals surface area (Å²) in [5, 5.41) is 8.70. The fourth-order valence-electron chi connectivity index (χ4n) is 2.69. The molecule has 0 saturated heterocycles. The van der Waals surface area contributed by atoms with Gasteiger partial charge in [-0.1, -0.05) is 30.3 Å². The number of nitrogens with zero attached hydrogens (tertiary/aromatic N) is 3. The fourth-order valence-corrected chi connectivity index (χ4v) is 2.69. The van der Waals surface area contributed by atoms with Crippen LogP contribution in [0.2, 0.25) is 0 Å². The molecular formula is C18H18N4O3. The van der Waals surface area contributed by atoms with Crippen molar-refractivity contribution in [1.82, 2.24) is 14.1 Å². The van der Waals surface area contributed by atoms with E-state index < -0.39 is 5.97 Å². The van der Waals surface area contributed by atoms with E-state index in [1.807, 2.05) is 30.3 Å². The molecule has 0 atom stereocenters. The molecule has 128 valence electrons. The van der Waals surface area contributed by atoms with E-state index in [9.17, 15) is 9.59 Å². The topological polar surface area (TPSA) is 90.0 Å². The highest BCUT2D eigenvalue weighted by atomic mass is 16.5. The van der Waals surface area contributed by atoms with Gasteiger partial charge in [-0.15, -0.1) is 0 Å². The molecular weight excluding hydrogens is 320 g/mol. The Morgan fingerprint density at radius 1 is 1.28 bits per heavy atom. The Labute approximate surface area is 143 Å². The van der Waals surface area contributed by atoms with Crippen molar-refractivity contribution in [3.63, 3.8) is 0 Å². The lowest BCUT2D eigenvalue weighted by atomic mass is 10.1. The van der Waals surface area contributed by atoms with E-state index in [2.05, 4.69) is 4.98 Å². The third kappa shape index (κ3) is 2.84. The minimum atomic E-state index is -0.656. The van der Waals surface area contributed by atoms with Crippen LogP contribution >= 0.6 is 0 Å². The van der Waals surface area contributed by atoms with Gasteiger partial charge in [-0.25, -0.2) is 9.78 Å². The predicted molar refractivity (Wildman–Crippen MR) is 92.4 cm³/mol. The minimum Gasteiger partial charge on any atom is -0.465 e. The molecule has 0 radical (unpaired) electrons. The number of hydrogen-bond donors (Lipinski definition) is 1. The summed E-state index contributed by atoms with van der Waals surface area (Å²) in [4.78, 5) is 29.2. The van der Waals surface area contributed by atoms with Gasteiger partial charge in [0, 0.05) is 7.05 Å². The molecule has 3 aromatic rings. The zero-order chi connectivity index (χ0) is 18.1. The lowest BCUT2D eigenvalue weighted by Crippen LogP contribution is -2.32. The number of nitrogens with one attached hydrogen (secondary N) is 1. The SMILES string of the molecule is COC(=O)c1cc2c(=O)n(C)c(C)nc2n(Cc2ccccc2)c1=N. The lowest BCUT2D eigenvalue weighted by Gasteiger charge is -2.15. The Hall–Kier alpha value is -3.22. The van der Waals surface area contributed by atoms with Crippen LogP contribution in [0.5, 0.6) is 0 Å². The second-order valence-corrected chi connectivity index (χ2v) is 5.73. The average molecular weight is 338 g/mol. The van der Waals surface area contributed by atoms with Gasteiger partial charge in [0.2, 0.25) is 0 Å². The summed E-state index contributed by atoms with van der Waals surface area (Å²) < 4.78 is 7.74. The van der Waals surface area contributed by atoms with E-state index >= 15 is 0 Å². The molecule has 2 aromatic heterocycles. The maximum atomic E-state index is 12.6. The molecule has 0 amide bonds. The number of methoxy groups -OCH3 is 1. The summed E-state index contributed by atoms with van der Waals surface area (Å²) in [7, 11) is 2.87. The van der Waals surface area contributed by atoms with Gasteiger partial charge in [-0.05, 0) is 18.6 Å². The molecule has 0 fully saturated rings. The Morgan fingerprint density at radius 2 is 1.96 bits per heavy atom. The molecule has 1 aromatic carbocycles. The number of benzene rings is 1. The van der Waals surface area contributed by atoms with Crippen LogP contribution in [0.4, 0.5) is 0 Å². The summed E-state index contributed by atoms with van der Waals surface area (Å²) in [5.41, 5.74) is 1.04. The van der Waals surface area contributed by atoms with Gasteiger partial charge < -0.3 is 9.30 Å². The molecule has 0 unspecified atom stereocenters. The first kappa shape index (κ1) is 16.6. The van der Waals surface area contributed by atoms with Crippen LogP contribution in [0.25, 0.3) is 11.0 Å². The number of aromatic nitrogens is 3. The van der Waals surface area contributed by atoms with Crippen LogP contribution in [-0.2, 0) is 18.3 Å². The monoisotopic (exact) mass is 338 g/mol. The Morgan fingerprint density at radius 3 is 2.60 bits per heavy atom. The number of hydrogen-bond acceptors (Lipinski definition) is 5. The number of esters is 1. The van der Waals surface area contributed by atoms with Crippen LogP contribution in [0.3, 0.4) is 0 Å². The van der Waals surface area contributed by atoms with Crippen molar-refractivity contribution in [1.29, 1.82) is 5.41 Å². The largest absolute Gasteiger partial charge is 0.465 e. The van der Waals surface area contributed by atoms with Gasteiger partial charge in [0.25, 0.3) is 5.56 Å². The fraction of sp³-hybridized carbons (Fsp3) is 0.222. The number of aryl methyl sites for hydroxylation is 1. The first-order chi connectivity index (χ1) is 11.9. The quantitative estimate of drug-likeness (QED) is 0.730. The first-order valence-electron chi connectivity index (χ1n) is 7.72.